The number of nitrogens with zero attached hydrogens (tertiary/aromatic N) is 2. The maximum Gasteiger partial charge on any atom is 0.451 e. The van der Waals surface area contributed by atoms with E-state index in [0.29, 0.717) is 0 Å². The lowest BCUT2D eigenvalue weighted by Crippen LogP contribution is -2.15. The Hall–Kier alpha value is -2.32. The normalized spacial score (nSPS) is 11.8. The van der Waals surface area contributed by atoms with Crippen molar-refractivity contribution in [3.05, 3.63) is 41.6 Å². The average molecular weight is 322 g/mol. The Kier molecular flexibility index (Phi) is 4.25. The summed E-state index contributed by atoms with van der Waals surface area (Å²) in [6.07, 6.45) is -8.30. The summed E-state index contributed by atoms with van der Waals surface area (Å²) >= 11 is 0. The van der Waals surface area contributed by atoms with Gasteiger partial charge in [0.1, 0.15) is 11.5 Å². The van der Waals surface area contributed by atoms with E-state index in [9.17, 15) is 26.3 Å². The Morgan fingerprint density at radius 2 is 1.64 bits per heavy atom. The quantitative estimate of drug-likeness (QED) is 0.793. The Morgan fingerprint density at radius 3 is 2.09 bits per heavy atom. The molecular weight excluding hydrogens is 314 g/mol. The van der Waals surface area contributed by atoms with Crippen molar-refractivity contribution in [2.45, 2.75) is 12.6 Å². The van der Waals surface area contributed by atoms with Crippen LogP contribution in [0.15, 0.2) is 24.3 Å². The summed E-state index contributed by atoms with van der Waals surface area (Å²) in [6.45, 7) is 0. The second kappa shape index (κ2) is 5.82. The highest BCUT2D eigenvalue weighted by Gasteiger charge is 2.38. The molecule has 0 aliphatic rings. The number of rotatable bonds is 3. The van der Waals surface area contributed by atoms with Crippen molar-refractivity contribution in [1.29, 1.82) is 0 Å². The number of hydrogen-bond acceptors (Lipinski definition) is 3. The second-order valence-electron chi connectivity index (χ2n) is 4.12. The molecule has 0 bridgehead atoms. The Morgan fingerprint density at radius 1 is 1.05 bits per heavy atom. The summed E-state index contributed by atoms with van der Waals surface area (Å²) in [5.74, 6) is -3.02. The van der Waals surface area contributed by atoms with Crippen molar-refractivity contribution in [2.75, 3.05) is 7.11 Å². The first-order valence-electron chi connectivity index (χ1n) is 5.81. The summed E-state index contributed by atoms with van der Waals surface area (Å²) in [5.41, 5.74) is -1.53. The molecule has 0 saturated heterocycles. The number of halogens is 6. The number of benzene rings is 1. The monoisotopic (exact) mass is 322 g/mol. The molecule has 0 spiro atoms. The highest BCUT2D eigenvalue weighted by atomic mass is 19.4. The molecule has 2 aromatic rings. The summed E-state index contributed by atoms with van der Waals surface area (Å²) in [5, 5.41) is 0. The first kappa shape index (κ1) is 16.1. The van der Waals surface area contributed by atoms with Crippen molar-refractivity contribution in [3.8, 4) is 17.0 Å². The van der Waals surface area contributed by atoms with Crippen LogP contribution in [0.25, 0.3) is 11.1 Å². The number of methoxy groups -OCH3 is 1. The molecule has 1 aromatic heterocycles. The summed E-state index contributed by atoms with van der Waals surface area (Å²) in [7, 11) is 0.991. The smallest absolute Gasteiger partial charge is 0.451 e. The average Bonchev–Trinajstić information content (AvgIpc) is 2.45. The largest absolute Gasteiger partial charge is 0.480 e. The molecule has 0 saturated carbocycles. The third-order valence-corrected chi connectivity index (χ3v) is 2.69. The lowest BCUT2D eigenvalue weighted by atomic mass is 10.0. The van der Waals surface area contributed by atoms with E-state index in [0.717, 1.165) is 31.4 Å². The lowest BCUT2D eigenvalue weighted by molar-refractivity contribution is -0.145. The lowest BCUT2D eigenvalue weighted by Gasteiger charge is -2.15. The molecule has 0 aliphatic heterocycles. The fourth-order valence-electron chi connectivity index (χ4n) is 1.78. The molecule has 118 valence electrons. The molecular formula is C13H8F6N2O. The second-order valence-corrected chi connectivity index (χ2v) is 4.12. The zero-order chi connectivity index (χ0) is 16.5. The summed E-state index contributed by atoms with van der Waals surface area (Å²) < 4.78 is 81.7. The Labute approximate surface area is 120 Å². The van der Waals surface area contributed by atoms with E-state index in [2.05, 4.69) is 14.7 Å². The highest BCUT2D eigenvalue weighted by molar-refractivity contribution is 5.71. The van der Waals surface area contributed by atoms with Crippen molar-refractivity contribution in [1.82, 2.24) is 9.97 Å². The van der Waals surface area contributed by atoms with Gasteiger partial charge in [-0.1, -0.05) is 12.1 Å². The standard InChI is InChI=1S/C13H8F6N2O/c1-22-11-8(6-2-4-7(14)5-3-6)9(10(15)16)20-12(21-11)13(17,18)19/h2-5,10H,1H3. The van der Waals surface area contributed by atoms with Crippen LogP contribution in [0.2, 0.25) is 0 Å². The highest BCUT2D eigenvalue weighted by Crippen LogP contribution is 2.38. The predicted molar refractivity (Wildman–Crippen MR) is 63.9 cm³/mol. The van der Waals surface area contributed by atoms with Gasteiger partial charge in [-0.15, -0.1) is 0 Å². The first-order chi connectivity index (χ1) is 10.2. The van der Waals surface area contributed by atoms with Gasteiger partial charge in [-0.3, -0.25) is 0 Å². The Bertz CT molecular complexity index is 669. The van der Waals surface area contributed by atoms with E-state index in [4.69, 9.17) is 0 Å². The van der Waals surface area contributed by atoms with Crippen LogP contribution in [0.3, 0.4) is 0 Å². The molecule has 0 unspecified atom stereocenters. The Balaban J connectivity index is 2.73. The minimum atomic E-state index is -5.00. The van der Waals surface area contributed by atoms with E-state index in [1.54, 1.807) is 0 Å². The number of alkyl halides is 5. The fraction of sp³-hybridized carbons (Fsp3) is 0.231. The van der Waals surface area contributed by atoms with Crippen LogP contribution in [0, 0.1) is 5.82 Å². The molecule has 2 rings (SSSR count). The topological polar surface area (TPSA) is 35.0 Å². The van der Waals surface area contributed by atoms with E-state index < -0.39 is 41.4 Å². The fourth-order valence-corrected chi connectivity index (χ4v) is 1.78. The number of aromatic nitrogens is 2. The van der Waals surface area contributed by atoms with Crippen LogP contribution in [0.5, 0.6) is 5.88 Å². The minimum Gasteiger partial charge on any atom is -0.480 e. The van der Waals surface area contributed by atoms with Gasteiger partial charge >= 0.3 is 6.18 Å². The van der Waals surface area contributed by atoms with Crippen molar-refractivity contribution in [3.63, 3.8) is 0 Å². The SMILES string of the molecule is COc1nc(C(F)(F)F)nc(C(F)F)c1-c1ccc(F)cc1. The molecule has 0 atom stereocenters. The zero-order valence-electron chi connectivity index (χ0n) is 11.0. The van der Waals surface area contributed by atoms with Crippen LogP contribution < -0.4 is 4.74 Å². The van der Waals surface area contributed by atoms with Crippen molar-refractivity contribution in [2.24, 2.45) is 0 Å². The molecule has 1 aromatic carbocycles. The molecule has 9 heteroatoms. The molecule has 3 nitrogen and oxygen atoms in total. The number of ether oxygens (including phenoxy) is 1. The van der Waals surface area contributed by atoms with Gasteiger partial charge in [0.15, 0.2) is 0 Å². The van der Waals surface area contributed by atoms with E-state index in [1.807, 2.05) is 0 Å². The van der Waals surface area contributed by atoms with E-state index in [1.165, 1.54) is 0 Å². The van der Waals surface area contributed by atoms with Gasteiger partial charge in [-0.25, -0.2) is 18.2 Å². The van der Waals surface area contributed by atoms with Gasteiger partial charge in [0.2, 0.25) is 11.7 Å². The van der Waals surface area contributed by atoms with Crippen LogP contribution in [-0.4, -0.2) is 17.1 Å². The van der Waals surface area contributed by atoms with Gasteiger partial charge in [0.25, 0.3) is 6.43 Å². The van der Waals surface area contributed by atoms with Gasteiger partial charge < -0.3 is 4.74 Å². The summed E-state index contributed by atoms with van der Waals surface area (Å²) in [4.78, 5) is 6.01. The van der Waals surface area contributed by atoms with Gasteiger partial charge in [-0.2, -0.15) is 18.2 Å². The third kappa shape index (κ3) is 3.12. The van der Waals surface area contributed by atoms with E-state index in [-0.39, 0.29) is 5.56 Å². The van der Waals surface area contributed by atoms with Crippen molar-refractivity contribution >= 4 is 0 Å². The molecule has 0 fully saturated rings. The van der Waals surface area contributed by atoms with Crippen LogP contribution in [-0.2, 0) is 6.18 Å². The predicted octanol–water partition coefficient (Wildman–Crippen LogP) is 4.25. The molecule has 0 N–H and O–H groups in total. The van der Waals surface area contributed by atoms with Gasteiger partial charge in [0.05, 0.1) is 12.7 Å². The van der Waals surface area contributed by atoms with Crippen molar-refractivity contribution < 1.29 is 31.1 Å². The zero-order valence-corrected chi connectivity index (χ0v) is 11.0. The first-order valence-corrected chi connectivity index (χ1v) is 5.81. The molecule has 1 heterocycles. The van der Waals surface area contributed by atoms with Crippen LogP contribution >= 0.6 is 0 Å². The molecule has 0 radical (unpaired) electrons. The van der Waals surface area contributed by atoms with E-state index >= 15 is 0 Å². The molecule has 0 amide bonds. The third-order valence-electron chi connectivity index (χ3n) is 2.69. The van der Waals surface area contributed by atoms with Crippen LogP contribution in [0.4, 0.5) is 26.3 Å². The molecule has 0 aliphatic carbocycles. The number of hydrogen-bond donors (Lipinski definition) is 0. The van der Waals surface area contributed by atoms with Gasteiger partial charge in [0, 0.05) is 0 Å². The molecule has 22 heavy (non-hydrogen) atoms. The maximum absolute atomic E-state index is 13.1. The van der Waals surface area contributed by atoms with Crippen LogP contribution in [0.1, 0.15) is 17.9 Å². The minimum absolute atomic E-state index is 0.0160. The van der Waals surface area contributed by atoms with Gasteiger partial charge in [-0.05, 0) is 17.7 Å². The summed E-state index contributed by atoms with van der Waals surface area (Å²) in [6, 6.07) is 4.19. The maximum atomic E-state index is 13.1.